The van der Waals surface area contributed by atoms with E-state index in [1.807, 2.05) is 14.0 Å². The maximum atomic E-state index is 11.9. The number of carbonyl (C=O) groups is 2. The van der Waals surface area contributed by atoms with Crippen LogP contribution in [0, 0.1) is 0 Å². The number of hydrogen-bond acceptors (Lipinski definition) is 4. The Labute approximate surface area is 117 Å². The number of nitrogens with one attached hydrogen (secondary N) is 3. The van der Waals surface area contributed by atoms with Crippen molar-refractivity contribution in [2.75, 3.05) is 6.54 Å². The number of aromatic nitrogens is 3. The molecule has 1 aliphatic heterocycles. The second kappa shape index (κ2) is 6.36. The highest BCUT2D eigenvalue weighted by atomic mass is 16.2. The average Bonchev–Trinajstić information content (AvgIpc) is 2.73. The maximum Gasteiger partial charge on any atom is 0.316 e. The number of aryl methyl sites for hydroxylation is 1. The third-order valence-electron chi connectivity index (χ3n) is 3.32. The molecule has 1 aromatic rings. The fourth-order valence-electron chi connectivity index (χ4n) is 2.22. The topological polar surface area (TPSA) is 101 Å². The van der Waals surface area contributed by atoms with Gasteiger partial charge in [0.1, 0.15) is 12.4 Å². The Bertz CT molecular complexity index is 486. The molecule has 8 nitrogen and oxygen atoms in total. The van der Waals surface area contributed by atoms with Gasteiger partial charge in [0.15, 0.2) is 5.82 Å². The monoisotopic (exact) mass is 280 g/mol. The van der Waals surface area contributed by atoms with Crippen LogP contribution in [0.4, 0.5) is 4.79 Å². The molecule has 0 spiro atoms. The summed E-state index contributed by atoms with van der Waals surface area (Å²) in [5.41, 5.74) is 0. The van der Waals surface area contributed by atoms with Crippen molar-refractivity contribution in [3.05, 3.63) is 12.2 Å². The van der Waals surface area contributed by atoms with Crippen molar-refractivity contribution < 1.29 is 9.59 Å². The third kappa shape index (κ3) is 3.46. The molecule has 0 aliphatic carbocycles. The minimum Gasteiger partial charge on any atom is -0.354 e. The molecule has 2 atom stereocenters. The van der Waals surface area contributed by atoms with E-state index in [1.165, 1.54) is 0 Å². The third-order valence-corrected chi connectivity index (χ3v) is 3.32. The van der Waals surface area contributed by atoms with E-state index < -0.39 is 6.04 Å². The van der Waals surface area contributed by atoms with Gasteiger partial charge >= 0.3 is 6.03 Å². The summed E-state index contributed by atoms with van der Waals surface area (Å²) in [6.45, 7) is 2.49. The van der Waals surface area contributed by atoms with E-state index in [0.29, 0.717) is 18.8 Å². The number of hydrogen-bond donors (Lipinski definition) is 3. The van der Waals surface area contributed by atoms with Crippen molar-refractivity contribution in [3.63, 3.8) is 0 Å². The summed E-state index contributed by atoms with van der Waals surface area (Å²) in [6, 6.07) is -1.12. The molecule has 0 aromatic carbocycles. The van der Waals surface area contributed by atoms with Crippen LogP contribution in [0.2, 0.25) is 0 Å². The van der Waals surface area contributed by atoms with Crippen molar-refractivity contribution in [1.29, 1.82) is 0 Å². The van der Waals surface area contributed by atoms with Crippen LogP contribution in [0.25, 0.3) is 0 Å². The quantitative estimate of drug-likeness (QED) is 0.716. The fourth-order valence-corrected chi connectivity index (χ4v) is 2.22. The summed E-state index contributed by atoms with van der Waals surface area (Å²) in [4.78, 5) is 23.7. The van der Waals surface area contributed by atoms with Gasteiger partial charge in [-0.25, -0.2) is 4.79 Å². The molecular weight excluding hydrogens is 260 g/mol. The SMILES string of the molecule is CC(NC(=O)NC1CCCCNC1=O)c1nncn1C. The van der Waals surface area contributed by atoms with Gasteiger partial charge in [0, 0.05) is 13.6 Å². The van der Waals surface area contributed by atoms with Gasteiger partial charge in [-0.1, -0.05) is 0 Å². The summed E-state index contributed by atoms with van der Waals surface area (Å²) in [7, 11) is 1.81. The highest BCUT2D eigenvalue weighted by Crippen LogP contribution is 2.08. The maximum absolute atomic E-state index is 11.9. The zero-order valence-electron chi connectivity index (χ0n) is 11.7. The molecule has 1 saturated heterocycles. The number of nitrogens with zero attached hydrogens (tertiary/aromatic N) is 3. The van der Waals surface area contributed by atoms with E-state index >= 15 is 0 Å². The van der Waals surface area contributed by atoms with Crippen LogP contribution in [0.1, 0.15) is 38.1 Å². The van der Waals surface area contributed by atoms with Crippen molar-refractivity contribution >= 4 is 11.9 Å². The van der Waals surface area contributed by atoms with Gasteiger partial charge in [0.25, 0.3) is 0 Å². The molecule has 2 heterocycles. The second-order valence-electron chi connectivity index (χ2n) is 4.98. The number of rotatable bonds is 3. The first-order chi connectivity index (χ1) is 9.58. The first-order valence-electron chi connectivity index (χ1n) is 6.76. The molecule has 1 aromatic heterocycles. The summed E-state index contributed by atoms with van der Waals surface area (Å²) < 4.78 is 1.74. The Kier molecular flexibility index (Phi) is 4.54. The number of urea groups is 1. The van der Waals surface area contributed by atoms with Gasteiger partial charge in [-0.3, -0.25) is 4.79 Å². The van der Waals surface area contributed by atoms with Gasteiger partial charge in [-0.05, 0) is 26.2 Å². The molecular formula is C12H20N6O2. The van der Waals surface area contributed by atoms with Gasteiger partial charge in [-0.2, -0.15) is 0 Å². The molecule has 110 valence electrons. The predicted octanol–water partition coefficient (Wildman–Crippen LogP) is -0.156. The van der Waals surface area contributed by atoms with E-state index in [0.717, 1.165) is 12.8 Å². The van der Waals surface area contributed by atoms with Crippen molar-refractivity contribution in [2.24, 2.45) is 7.05 Å². The highest BCUT2D eigenvalue weighted by molar-refractivity contribution is 5.87. The molecule has 3 N–H and O–H groups in total. The van der Waals surface area contributed by atoms with E-state index in [9.17, 15) is 9.59 Å². The molecule has 20 heavy (non-hydrogen) atoms. The van der Waals surface area contributed by atoms with E-state index in [2.05, 4.69) is 26.1 Å². The van der Waals surface area contributed by atoms with Gasteiger partial charge in [0.05, 0.1) is 6.04 Å². The van der Waals surface area contributed by atoms with Gasteiger partial charge in [-0.15, -0.1) is 10.2 Å². The normalized spacial score (nSPS) is 20.7. The molecule has 0 saturated carbocycles. The minimum absolute atomic E-state index is 0.121. The van der Waals surface area contributed by atoms with Crippen LogP contribution in [-0.2, 0) is 11.8 Å². The van der Waals surface area contributed by atoms with Crippen LogP contribution in [0.3, 0.4) is 0 Å². The van der Waals surface area contributed by atoms with Crippen LogP contribution < -0.4 is 16.0 Å². The minimum atomic E-state index is -0.468. The predicted molar refractivity (Wildman–Crippen MR) is 71.7 cm³/mol. The lowest BCUT2D eigenvalue weighted by Gasteiger charge is -2.18. The Morgan fingerprint density at radius 1 is 1.55 bits per heavy atom. The molecule has 0 radical (unpaired) electrons. The number of amides is 3. The summed E-state index contributed by atoms with van der Waals surface area (Å²) in [5.74, 6) is 0.537. The largest absolute Gasteiger partial charge is 0.354 e. The molecule has 2 rings (SSSR count). The first-order valence-corrected chi connectivity index (χ1v) is 6.76. The summed E-state index contributed by atoms with van der Waals surface area (Å²) in [6.07, 6.45) is 4.10. The second-order valence-corrected chi connectivity index (χ2v) is 4.98. The lowest BCUT2D eigenvalue weighted by atomic mass is 10.1. The molecule has 8 heteroatoms. The van der Waals surface area contributed by atoms with E-state index in [-0.39, 0.29) is 18.0 Å². The summed E-state index contributed by atoms with van der Waals surface area (Å²) in [5, 5.41) is 15.9. The van der Waals surface area contributed by atoms with Crippen molar-refractivity contribution in [3.8, 4) is 0 Å². The highest BCUT2D eigenvalue weighted by Gasteiger charge is 2.23. The average molecular weight is 280 g/mol. The van der Waals surface area contributed by atoms with Crippen LogP contribution in [0.5, 0.6) is 0 Å². The zero-order valence-corrected chi connectivity index (χ0v) is 11.7. The lowest BCUT2D eigenvalue weighted by Crippen LogP contribution is -2.49. The Morgan fingerprint density at radius 3 is 3.05 bits per heavy atom. The van der Waals surface area contributed by atoms with Gasteiger partial charge in [0.2, 0.25) is 5.91 Å². The Balaban J connectivity index is 1.88. The summed E-state index contributed by atoms with van der Waals surface area (Å²) >= 11 is 0. The van der Waals surface area contributed by atoms with E-state index in [4.69, 9.17) is 0 Å². The molecule has 1 aliphatic rings. The van der Waals surface area contributed by atoms with Crippen LogP contribution in [-0.4, -0.2) is 39.3 Å². The first kappa shape index (κ1) is 14.3. The van der Waals surface area contributed by atoms with Crippen LogP contribution >= 0.6 is 0 Å². The van der Waals surface area contributed by atoms with E-state index in [1.54, 1.807) is 10.9 Å². The van der Waals surface area contributed by atoms with Crippen molar-refractivity contribution in [1.82, 2.24) is 30.7 Å². The molecule has 0 bridgehead atoms. The smallest absolute Gasteiger partial charge is 0.316 e. The fraction of sp³-hybridized carbons (Fsp3) is 0.667. The van der Waals surface area contributed by atoms with Gasteiger partial charge < -0.3 is 20.5 Å². The Hall–Kier alpha value is -2.12. The molecule has 1 fully saturated rings. The number of carbonyl (C=O) groups excluding carboxylic acids is 2. The molecule has 2 unspecified atom stereocenters. The Morgan fingerprint density at radius 2 is 2.35 bits per heavy atom. The zero-order chi connectivity index (χ0) is 14.5. The molecule has 3 amide bonds. The lowest BCUT2D eigenvalue weighted by molar-refractivity contribution is -0.122. The standard InChI is InChI=1S/C12H20N6O2/c1-8(10-17-14-7-18(10)2)15-12(20)16-9-5-3-4-6-13-11(9)19/h7-9H,3-6H2,1-2H3,(H,13,19)(H2,15,16,20). The van der Waals surface area contributed by atoms with Crippen LogP contribution in [0.15, 0.2) is 6.33 Å². The van der Waals surface area contributed by atoms with Crippen molar-refractivity contribution in [2.45, 2.75) is 38.3 Å².